The van der Waals surface area contributed by atoms with Gasteiger partial charge < -0.3 is 14.4 Å². The first-order valence-electron chi connectivity index (χ1n) is 8.26. The van der Waals surface area contributed by atoms with Crippen LogP contribution in [-0.4, -0.2) is 59.6 Å². The number of hydrogen-bond donors (Lipinski definition) is 0. The van der Waals surface area contributed by atoms with Crippen molar-refractivity contribution in [3.8, 4) is 0 Å². The van der Waals surface area contributed by atoms with Crippen molar-refractivity contribution in [3.05, 3.63) is 40.8 Å². The second kappa shape index (κ2) is 8.26. The Balaban J connectivity index is 0.000000168. The molecule has 1 saturated carbocycles. The van der Waals surface area contributed by atoms with Crippen molar-refractivity contribution in [1.29, 1.82) is 0 Å². The van der Waals surface area contributed by atoms with Gasteiger partial charge in [-0.1, -0.05) is 11.6 Å². The van der Waals surface area contributed by atoms with Crippen molar-refractivity contribution in [2.75, 3.05) is 32.2 Å². The number of aromatic nitrogens is 4. The van der Waals surface area contributed by atoms with E-state index in [-0.39, 0.29) is 16.5 Å². The summed E-state index contributed by atoms with van der Waals surface area (Å²) in [7, 11) is 2.62. The molecule has 0 amide bonds. The third-order valence-electron chi connectivity index (χ3n) is 4.37. The van der Waals surface area contributed by atoms with E-state index in [1.165, 1.54) is 32.8 Å². The average molecular weight is 392 g/mol. The minimum absolute atomic E-state index is 0.150. The van der Waals surface area contributed by atoms with Crippen LogP contribution in [0.3, 0.4) is 0 Å². The Kier molecular flexibility index (Phi) is 5.80. The number of carbonyl (C=O) groups excluding carboxylic acids is 2. The number of nitrogens with zero attached hydrogens (tertiary/aromatic N) is 5. The summed E-state index contributed by atoms with van der Waals surface area (Å²) in [6, 6.07) is 6.42. The summed E-state index contributed by atoms with van der Waals surface area (Å²) in [5.41, 5.74) is 0.410. The molecule has 27 heavy (non-hydrogen) atoms. The van der Waals surface area contributed by atoms with E-state index in [0.717, 1.165) is 30.7 Å². The molecule has 2 unspecified atom stereocenters. The molecule has 3 heterocycles. The van der Waals surface area contributed by atoms with E-state index in [1.807, 2.05) is 6.07 Å². The molecule has 2 aliphatic rings. The van der Waals surface area contributed by atoms with Crippen molar-refractivity contribution >= 4 is 29.4 Å². The standard InChI is InChI=1S/C11H13N3O2.C6H5ClN2O2/c1-16-11(15)9-2-3-10(13-12-9)14-5-7-4-8(7)6-14;1-11-6(10)4-2-3-5(7)9-8-4/h2-3,7-8H,4-6H2,1H3;2-3H,1H3. The van der Waals surface area contributed by atoms with Crippen LogP contribution in [0.4, 0.5) is 5.82 Å². The van der Waals surface area contributed by atoms with Gasteiger partial charge in [0.05, 0.1) is 14.2 Å². The lowest BCUT2D eigenvalue weighted by atomic mass is 10.3. The van der Waals surface area contributed by atoms with Gasteiger partial charge in [0, 0.05) is 13.1 Å². The molecule has 1 aliphatic carbocycles. The summed E-state index contributed by atoms with van der Waals surface area (Å²) in [6.45, 7) is 2.16. The van der Waals surface area contributed by atoms with Crippen LogP contribution in [0.15, 0.2) is 24.3 Å². The zero-order valence-electron chi connectivity index (χ0n) is 14.8. The Morgan fingerprint density at radius 2 is 1.48 bits per heavy atom. The molecular formula is C17H18ClN5O4. The number of halogens is 1. The third kappa shape index (κ3) is 4.68. The molecule has 2 aromatic heterocycles. The number of hydrogen-bond acceptors (Lipinski definition) is 9. The molecule has 1 saturated heterocycles. The van der Waals surface area contributed by atoms with Gasteiger partial charge in [0.15, 0.2) is 22.4 Å². The lowest BCUT2D eigenvalue weighted by Gasteiger charge is -2.17. The molecule has 0 bridgehead atoms. The third-order valence-corrected chi connectivity index (χ3v) is 4.58. The molecule has 10 heteroatoms. The largest absolute Gasteiger partial charge is 0.464 e. The number of methoxy groups -OCH3 is 2. The van der Waals surface area contributed by atoms with Gasteiger partial charge in [-0.2, -0.15) is 0 Å². The first-order valence-corrected chi connectivity index (χ1v) is 8.64. The zero-order chi connectivity index (χ0) is 19.4. The first kappa shape index (κ1) is 19.0. The van der Waals surface area contributed by atoms with Crippen LogP contribution in [0.25, 0.3) is 0 Å². The van der Waals surface area contributed by atoms with Gasteiger partial charge in [-0.15, -0.1) is 20.4 Å². The van der Waals surface area contributed by atoms with Crippen molar-refractivity contribution in [3.63, 3.8) is 0 Å². The Bertz CT molecular complexity index is 805. The number of fused-ring (bicyclic) bond motifs is 1. The summed E-state index contributed by atoms with van der Waals surface area (Å²) in [6.07, 6.45) is 1.37. The summed E-state index contributed by atoms with van der Waals surface area (Å²) in [5.74, 6) is 1.63. The minimum Gasteiger partial charge on any atom is -0.464 e. The van der Waals surface area contributed by atoms with Crippen LogP contribution < -0.4 is 4.90 Å². The van der Waals surface area contributed by atoms with Crippen LogP contribution in [0, 0.1) is 11.8 Å². The van der Waals surface area contributed by atoms with Gasteiger partial charge >= 0.3 is 11.9 Å². The van der Waals surface area contributed by atoms with Crippen LogP contribution in [-0.2, 0) is 9.47 Å². The smallest absolute Gasteiger partial charge is 0.358 e. The molecule has 2 atom stereocenters. The Morgan fingerprint density at radius 3 is 1.93 bits per heavy atom. The molecule has 1 aliphatic heterocycles. The van der Waals surface area contributed by atoms with Crippen molar-refractivity contribution < 1.29 is 19.1 Å². The highest BCUT2D eigenvalue weighted by atomic mass is 35.5. The molecule has 0 radical (unpaired) electrons. The van der Waals surface area contributed by atoms with Gasteiger partial charge in [-0.25, -0.2) is 9.59 Å². The van der Waals surface area contributed by atoms with Crippen LogP contribution >= 0.6 is 11.6 Å². The maximum absolute atomic E-state index is 11.2. The second-order valence-corrected chi connectivity index (χ2v) is 6.55. The maximum Gasteiger partial charge on any atom is 0.358 e. The Labute approximate surface area is 160 Å². The first-order chi connectivity index (χ1) is 13.0. The van der Waals surface area contributed by atoms with E-state index in [4.69, 9.17) is 11.6 Å². The van der Waals surface area contributed by atoms with E-state index in [0.29, 0.717) is 0 Å². The summed E-state index contributed by atoms with van der Waals surface area (Å²) in [4.78, 5) is 24.2. The lowest BCUT2D eigenvalue weighted by Crippen LogP contribution is -2.23. The van der Waals surface area contributed by atoms with E-state index in [1.54, 1.807) is 6.07 Å². The number of rotatable bonds is 3. The highest BCUT2D eigenvalue weighted by Gasteiger charge is 2.45. The molecule has 4 rings (SSSR count). The SMILES string of the molecule is COC(=O)c1ccc(Cl)nn1.COC(=O)c1ccc(N2CC3CC3C2)nn1. The van der Waals surface area contributed by atoms with E-state index in [9.17, 15) is 9.59 Å². The van der Waals surface area contributed by atoms with Crippen LogP contribution in [0.1, 0.15) is 27.4 Å². The summed E-state index contributed by atoms with van der Waals surface area (Å²) >= 11 is 5.43. The summed E-state index contributed by atoms with van der Waals surface area (Å²) in [5, 5.41) is 15.1. The van der Waals surface area contributed by atoms with E-state index in [2.05, 4.69) is 34.8 Å². The maximum atomic E-state index is 11.2. The van der Waals surface area contributed by atoms with Crippen LogP contribution in [0.5, 0.6) is 0 Å². The number of esters is 2. The highest BCUT2D eigenvalue weighted by molar-refractivity contribution is 6.29. The lowest BCUT2D eigenvalue weighted by molar-refractivity contribution is 0.0584. The van der Waals surface area contributed by atoms with E-state index >= 15 is 0 Å². The predicted molar refractivity (Wildman–Crippen MR) is 95.6 cm³/mol. The van der Waals surface area contributed by atoms with Gasteiger partial charge in [-0.05, 0) is 42.5 Å². The fourth-order valence-electron chi connectivity index (χ4n) is 2.82. The quantitative estimate of drug-likeness (QED) is 0.721. The predicted octanol–water partition coefficient (Wildman–Crippen LogP) is 1.64. The molecule has 0 N–H and O–H groups in total. The number of ether oxygens (including phenoxy) is 2. The fraction of sp³-hybridized carbons (Fsp3) is 0.412. The zero-order valence-corrected chi connectivity index (χ0v) is 15.6. The Hall–Kier alpha value is -2.81. The average Bonchev–Trinajstić information content (AvgIpc) is 3.33. The molecule has 2 fully saturated rings. The molecule has 2 aromatic rings. The Morgan fingerprint density at radius 1 is 0.926 bits per heavy atom. The van der Waals surface area contributed by atoms with Crippen molar-refractivity contribution in [2.24, 2.45) is 11.8 Å². The van der Waals surface area contributed by atoms with Crippen molar-refractivity contribution in [1.82, 2.24) is 20.4 Å². The topological polar surface area (TPSA) is 107 Å². The van der Waals surface area contributed by atoms with Crippen molar-refractivity contribution in [2.45, 2.75) is 6.42 Å². The number of piperidine rings is 1. The molecular weight excluding hydrogens is 374 g/mol. The molecule has 9 nitrogen and oxygen atoms in total. The molecule has 142 valence electrons. The van der Waals surface area contributed by atoms with Gasteiger partial charge in [0.1, 0.15) is 0 Å². The second-order valence-electron chi connectivity index (χ2n) is 6.16. The number of carbonyl (C=O) groups is 2. The van der Waals surface area contributed by atoms with E-state index < -0.39 is 11.9 Å². The molecule has 0 aromatic carbocycles. The van der Waals surface area contributed by atoms with Gasteiger partial charge in [0.25, 0.3) is 0 Å². The monoisotopic (exact) mass is 391 g/mol. The minimum atomic E-state index is -0.519. The summed E-state index contributed by atoms with van der Waals surface area (Å²) < 4.78 is 8.96. The van der Waals surface area contributed by atoms with Gasteiger partial charge in [-0.3, -0.25) is 0 Å². The fourth-order valence-corrected chi connectivity index (χ4v) is 2.92. The highest BCUT2D eigenvalue weighted by Crippen LogP contribution is 2.45. The van der Waals surface area contributed by atoms with Gasteiger partial charge in [0.2, 0.25) is 0 Å². The number of anilines is 1. The van der Waals surface area contributed by atoms with Crippen LogP contribution in [0.2, 0.25) is 5.15 Å². The normalized spacial score (nSPS) is 19.4. The molecule has 0 spiro atoms.